The summed E-state index contributed by atoms with van der Waals surface area (Å²) >= 11 is 0. The highest BCUT2D eigenvalue weighted by atomic mass is 16.6. The van der Waals surface area contributed by atoms with Crippen LogP contribution in [-0.4, -0.2) is 22.6 Å². The number of aliphatic carboxylic acids is 1. The Balaban J connectivity index is 5.31. The number of unbranched alkanes of at least 4 members (excludes halogenated alkanes) is 12. The Morgan fingerprint density at radius 1 is 0.629 bits per heavy atom. The van der Waals surface area contributed by atoms with E-state index in [1.54, 1.807) is 0 Å². The molecule has 0 rings (SSSR count). The Morgan fingerprint density at radius 3 is 1.54 bits per heavy atom. The molecule has 0 aromatic rings. The number of rotatable bonds is 25. The summed E-state index contributed by atoms with van der Waals surface area (Å²) in [6.07, 6.45) is 22.2. The van der Waals surface area contributed by atoms with Crippen LogP contribution in [0.4, 0.5) is 0 Å². The molecule has 0 aromatic heterocycles. The van der Waals surface area contributed by atoms with E-state index >= 15 is 0 Å². The van der Waals surface area contributed by atoms with Crippen molar-refractivity contribution < 1.29 is 19.4 Å². The van der Waals surface area contributed by atoms with Gasteiger partial charge in [0.15, 0.2) is 0 Å². The fourth-order valence-electron chi connectivity index (χ4n) is 5.46. The first kappa shape index (κ1) is 33.9. The Hall–Kier alpha value is -1.06. The van der Waals surface area contributed by atoms with Crippen molar-refractivity contribution in [3.05, 3.63) is 0 Å². The molecule has 0 aliphatic rings. The first-order chi connectivity index (χ1) is 16.8. The summed E-state index contributed by atoms with van der Waals surface area (Å²) < 4.78 is 6.50. The number of ether oxygens (including phenoxy) is 1. The molecule has 0 saturated heterocycles. The normalized spacial score (nSPS) is 14.9. The molecule has 0 saturated carbocycles. The lowest BCUT2D eigenvalue weighted by atomic mass is 9.71. The summed E-state index contributed by atoms with van der Waals surface area (Å²) in [6.45, 7) is 11.4. The van der Waals surface area contributed by atoms with Crippen molar-refractivity contribution in [3.8, 4) is 0 Å². The number of carbonyl (C=O) groups is 2. The highest BCUT2D eigenvalue weighted by Crippen LogP contribution is 2.41. The third kappa shape index (κ3) is 16.3. The fourth-order valence-corrected chi connectivity index (χ4v) is 5.46. The van der Waals surface area contributed by atoms with E-state index in [1.165, 1.54) is 83.5 Å². The van der Waals surface area contributed by atoms with Gasteiger partial charge in [-0.1, -0.05) is 118 Å². The Morgan fingerprint density at radius 2 is 1.06 bits per heavy atom. The number of esters is 1. The molecule has 0 aliphatic carbocycles. The van der Waals surface area contributed by atoms with E-state index < -0.39 is 11.6 Å². The Kier molecular flexibility index (Phi) is 21.5. The minimum Gasteiger partial charge on any atom is -0.481 e. The number of hydrogen-bond donors (Lipinski definition) is 1. The molecule has 0 aliphatic heterocycles. The van der Waals surface area contributed by atoms with Crippen LogP contribution in [0, 0.1) is 11.8 Å². The smallest absolute Gasteiger partial charge is 0.306 e. The van der Waals surface area contributed by atoms with E-state index in [0.29, 0.717) is 31.1 Å². The molecule has 2 atom stereocenters. The molecule has 0 aromatic carbocycles. The average Bonchev–Trinajstić information content (AvgIpc) is 2.82. The van der Waals surface area contributed by atoms with Gasteiger partial charge in [-0.15, -0.1) is 0 Å². The standard InChI is InChI=1S/C31H60O4/c1-6-9-12-13-14-15-16-21-26-31(27(4)22-17-10-7-2,28(5)23-18-11-8-3)35-30(34)25-20-19-24-29(32)33/h27-28H,6-26H2,1-5H3,(H,32,33). The summed E-state index contributed by atoms with van der Waals surface area (Å²) in [5, 5.41) is 8.90. The van der Waals surface area contributed by atoms with Gasteiger partial charge in [0.2, 0.25) is 0 Å². The largest absolute Gasteiger partial charge is 0.481 e. The maximum Gasteiger partial charge on any atom is 0.306 e. The molecule has 0 fully saturated rings. The molecular formula is C31H60O4. The lowest BCUT2D eigenvalue weighted by Gasteiger charge is -2.44. The number of hydrogen-bond acceptors (Lipinski definition) is 3. The molecule has 0 heterocycles. The van der Waals surface area contributed by atoms with Crippen molar-refractivity contribution in [1.82, 2.24) is 0 Å². The third-order valence-electron chi connectivity index (χ3n) is 7.90. The lowest BCUT2D eigenvalue weighted by Crippen LogP contribution is -2.47. The number of carbonyl (C=O) groups excluding carboxylic acids is 1. The predicted octanol–water partition coefficient (Wildman–Crippen LogP) is 9.88. The van der Waals surface area contributed by atoms with E-state index in [4.69, 9.17) is 9.84 Å². The van der Waals surface area contributed by atoms with Gasteiger partial charge in [0.25, 0.3) is 0 Å². The Labute approximate surface area is 218 Å². The van der Waals surface area contributed by atoms with Gasteiger partial charge in [-0.05, 0) is 50.4 Å². The van der Waals surface area contributed by atoms with Gasteiger partial charge < -0.3 is 9.84 Å². The molecule has 0 radical (unpaired) electrons. The first-order valence-corrected chi connectivity index (χ1v) is 15.3. The van der Waals surface area contributed by atoms with Gasteiger partial charge in [0, 0.05) is 12.8 Å². The van der Waals surface area contributed by atoms with Crippen LogP contribution in [0.3, 0.4) is 0 Å². The van der Waals surface area contributed by atoms with Crippen LogP contribution in [-0.2, 0) is 14.3 Å². The summed E-state index contributed by atoms with van der Waals surface area (Å²) in [4.78, 5) is 23.9. The lowest BCUT2D eigenvalue weighted by molar-refractivity contribution is -0.177. The second-order valence-corrected chi connectivity index (χ2v) is 11.0. The maximum atomic E-state index is 13.0. The van der Waals surface area contributed by atoms with Gasteiger partial charge in [-0.25, -0.2) is 0 Å². The summed E-state index contributed by atoms with van der Waals surface area (Å²) in [6, 6.07) is 0. The molecule has 2 unspecified atom stereocenters. The number of carboxylic acid groups (broad SMARTS) is 1. The van der Waals surface area contributed by atoms with E-state index in [9.17, 15) is 9.59 Å². The van der Waals surface area contributed by atoms with Gasteiger partial charge in [0.05, 0.1) is 0 Å². The molecule has 35 heavy (non-hydrogen) atoms. The van der Waals surface area contributed by atoms with Crippen LogP contribution in [0.2, 0.25) is 0 Å². The second kappa shape index (κ2) is 22.2. The zero-order chi connectivity index (χ0) is 26.4. The van der Waals surface area contributed by atoms with Crippen molar-refractivity contribution in [3.63, 3.8) is 0 Å². The van der Waals surface area contributed by atoms with Crippen LogP contribution in [0.25, 0.3) is 0 Å². The van der Waals surface area contributed by atoms with Gasteiger partial charge >= 0.3 is 11.9 Å². The topological polar surface area (TPSA) is 63.6 Å². The third-order valence-corrected chi connectivity index (χ3v) is 7.90. The van der Waals surface area contributed by atoms with Crippen molar-refractivity contribution in [2.45, 2.75) is 175 Å². The highest BCUT2D eigenvalue weighted by molar-refractivity contribution is 5.70. The van der Waals surface area contributed by atoms with Crippen molar-refractivity contribution >= 4 is 11.9 Å². The molecule has 0 bridgehead atoms. The quantitative estimate of drug-likeness (QED) is 0.101. The number of carboxylic acids is 1. The van der Waals surface area contributed by atoms with Crippen molar-refractivity contribution in [2.24, 2.45) is 11.8 Å². The van der Waals surface area contributed by atoms with Crippen LogP contribution in [0.15, 0.2) is 0 Å². The van der Waals surface area contributed by atoms with Crippen LogP contribution in [0.1, 0.15) is 169 Å². The molecule has 4 heteroatoms. The molecule has 4 nitrogen and oxygen atoms in total. The second-order valence-electron chi connectivity index (χ2n) is 11.0. The van der Waals surface area contributed by atoms with Crippen LogP contribution < -0.4 is 0 Å². The first-order valence-electron chi connectivity index (χ1n) is 15.3. The van der Waals surface area contributed by atoms with Gasteiger partial charge in [-0.3, -0.25) is 9.59 Å². The fraction of sp³-hybridized carbons (Fsp3) is 0.935. The minimum atomic E-state index is -0.795. The molecule has 1 N–H and O–H groups in total. The van der Waals surface area contributed by atoms with Gasteiger partial charge in [0.1, 0.15) is 5.60 Å². The molecule has 208 valence electrons. The van der Waals surface area contributed by atoms with E-state index in [1.807, 2.05) is 0 Å². The van der Waals surface area contributed by atoms with E-state index in [0.717, 1.165) is 25.7 Å². The van der Waals surface area contributed by atoms with E-state index in [-0.39, 0.29) is 12.4 Å². The molecule has 0 spiro atoms. The minimum absolute atomic E-state index is 0.123. The summed E-state index contributed by atoms with van der Waals surface area (Å²) in [5.41, 5.74) is -0.395. The SMILES string of the molecule is CCCCCCCCCCC(OC(=O)CCCCC(=O)O)(C(C)CCCCC)C(C)CCCCC. The zero-order valence-electron chi connectivity index (χ0n) is 24.2. The zero-order valence-corrected chi connectivity index (χ0v) is 24.2. The van der Waals surface area contributed by atoms with Crippen LogP contribution >= 0.6 is 0 Å². The molecular weight excluding hydrogens is 436 g/mol. The molecule has 0 amide bonds. The highest BCUT2D eigenvalue weighted by Gasteiger charge is 2.43. The summed E-state index contributed by atoms with van der Waals surface area (Å²) in [5.74, 6) is -0.229. The summed E-state index contributed by atoms with van der Waals surface area (Å²) in [7, 11) is 0. The average molecular weight is 497 g/mol. The van der Waals surface area contributed by atoms with E-state index in [2.05, 4.69) is 34.6 Å². The van der Waals surface area contributed by atoms with Crippen molar-refractivity contribution in [2.75, 3.05) is 0 Å². The van der Waals surface area contributed by atoms with Crippen LogP contribution in [0.5, 0.6) is 0 Å². The van der Waals surface area contributed by atoms with Gasteiger partial charge in [-0.2, -0.15) is 0 Å². The van der Waals surface area contributed by atoms with Crippen molar-refractivity contribution in [1.29, 1.82) is 0 Å². The maximum absolute atomic E-state index is 13.0. The predicted molar refractivity (Wildman–Crippen MR) is 149 cm³/mol. The monoisotopic (exact) mass is 496 g/mol. The Bertz CT molecular complexity index is 500.